The quantitative estimate of drug-likeness (QED) is 0.401. The number of ketones is 1. The molecule has 2 aliphatic heterocycles. The van der Waals surface area contributed by atoms with Crippen LogP contribution in [0.15, 0.2) is 49.2 Å². The van der Waals surface area contributed by atoms with Gasteiger partial charge in [0.1, 0.15) is 6.07 Å². The number of anilines is 1. The lowest BCUT2D eigenvalue weighted by atomic mass is 9.82. The topological polar surface area (TPSA) is 60.2 Å². The first kappa shape index (κ1) is 23.5. The minimum absolute atomic E-state index is 0.0284. The number of rotatable bonds is 8. The van der Waals surface area contributed by atoms with E-state index in [9.17, 15) is 4.79 Å². The van der Waals surface area contributed by atoms with Crippen molar-refractivity contribution >= 4 is 23.1 Å². The van der Waals surface area contributed by atoms with Crippen LogP contribution >= 0.6 is 11.6 Å². The number of halogens is 1. The number of carbonyl (C=O) groups is 1. The molecule has 3 heterocycles. The highest BCUT2D eigenvalue weighted by Crippen LogP contribution is 2.37. The number of Topliss-reactive ketones (excluding diaryl/α,β-unsaturated/α-hetero) is 1. The van der Waals surface area contributed by atoms with Gasteiger partial charge in [-0.05, 0) is 68.6 Å². The zero-order valence-electron chi connectivity index (χ0n) is 19.2. The molecule has 0 amide bonds. The zero-order chi connectivity index (χ0) is 23.4. The summed E-state index contributed by atoms with van der Waals surface area (Å²) in [4.78, 5) is 22.6. The lowest BCUT2D eigenvalue weighted by Gasteiger charge is -2.30. The van der Waals surface area contributed by atoms with Gasteiger partial charge in [-0.25, -0.2) is 0 Å². The highest BCUT2D eigenvalue weighted by Gasteiger charge is 2.38. The summed E-state index contributed by atoms with van der Waals surface area (Å²) in [5.41, 5.74) is 3.14. The first-order valence-corrected chi connectivity index (χ1v) is 12.2. The van der Waals surface area contributed by atoms with Gasteiger partial charge in [-0.1, -0.05) is 24.6 Å². The molecule has 5 nitrogen and oxygen atoms in total. The molecule has 0 bridgehead atoms. The van der Waals surface area contributed by atoms with E-state index in [-0.39, 0.29) is 23.7 Å². The van der Waals surface area contributed by atoms with Crippen molar-refractivity contribution in [3.63, 3.8) is 0 Å². The zero-order valence-corrected chi connectivity index (χ0v) is 20.0. The Morgan fingerprint density at radius 2 is 2.09 bits per heavy atom. The molecule has 1 aromatic carbocycles. The Kier molecular flexibility index (Phi) is 7.47. The van der Waals surface area contributed by atoms with Gasteiger partial charge >= 0.3 is 0 Å². The lowest BCUT2D eigenvalue weighted by molar-refractivity contribution is 0.0886. The number of pyridine rings is 1. The van der Waals surface area contributed by atoms with Gasteiger partial charge in [0, 0.05) is 48.6 Å². The normalized spacial score (nSPS) is 21.7. The second-order valence-electron chi connectivity index (χ2n) is 9.14. The summed E-state index contributed by atoms with van der Waals surface area (Å²) < 4.78 is 0. The third-order valence-electron chi connectivity index (χ3n) is 7.20. The number of nitriles is 1. The van der Waals surface area contributed by atoms with E-state index in [1.54, 1.807) is 12.3 Å². The first-order valence-electron chi connectivity index (χ1n) is 11.8. The Labute approximate surface area is 201 Å². The maximum atomic E-state index is 13.3. The molecule has 0 spiro atoms. The van der Waals surface area contributed by atoms with Crippen LogP contribution in [0.2, 0.25) is 5.02 Å². The average Bonchev–Trinajstić information content (AvgIpc) is 3.52. The van der Waals surface area contributed by atoms with E-state index in [0.29, 0.717) is 16.1 Å². The van der Waals surface area contributed by atoms with Gasteiger partial charge in [-0.15, -0.1) is 6.58 Å². The van der Waals surface area contributed by atoms with Crippen LogP contribution in [-0.2, 0) is 6.42 Å². The van der Waals surface area contributed by atoms with Crippen LogP contribution in [-0.4, -0.2) is 47.9 Å². The smallest absolute Gasteiger partial charge is 0.167 e. The predicted molar refractivity (Wildman–Crippen MR) is 133 cm³/mol. The SMILES string of the molecule is C=CC1C(C(C)C(=O)c2ccc(CCN3CCCC3)nc2)CCN1c1ccc(C#N)c(Cl)c1. The molecule has 2 aliphatic rings. The number of nitrogens with zero attached hydrogens (tertiary/aromatic N) is 4. The molecular weight excluding hydrogens is 432 g/mol. The molecule has 4 rings (SSSR count). The van der Waals surface area contributed by atoms with Crippen molar-refractivity contribution in [3.8, 4) is 6.07 Å². The molecule has 1 aromatic heterocycles. The van der Waals surface area contributed by atoms with Crippen LogP contribution in [0.3, 0.4) is 0 Å². The van der Waals surface area contributed by atoms with Gasteiger partial charge in [-0.2, -0.15) is 5.26 Å². The summed E-state index contributed by atoms with van der Waals surface area (Å²) >= 11 is 6.26. The van der Waals surface area contributed by atoms with Crippen LogP contribution < -0.4 is 4.90 Å². The number of benzene rings is 1. The molecule has 3 atom stereocenters. The fourth-order valence-corrected chi connectivity index (χ4v) is 5.43. The highest BCUT2D eigenvalue weighted by molar-refractivity contribution is 6.32. The van der Waals surface area contributed by atoms with Crippen LogP contribution in [0, 0.1) is 23.2 Å². The van der Waals surface area contributed by atoms with Crippen molar-refractivity contribution < 1.29 is 4.79 Å². The van der Waals surface area contributed by atoms with Gasteiger partial charge in [0.25, 0.3) is 0 Å². The summed E-state index contributed by atoms with van der Waals surface area (Å²) in [7, 11) is 0. The highest BCUT2D eigenvalue weighted by atomic mass is 35.5. The van der Waals surface area contributed by atoms with E-state index in [1.807, 2.05) is 37.3 Å². The van der Waals surface area contributed by atoms with Crippen molar-refractivity contribution in [2.75, 3.05) is 31.1 Å². The molecule has 0 radical (unpaired) electrons. The van der Waals surface area contributed by atoms with Gasteiger partial charge in [0.05, 0.1) is 16.6 Å². The fraction of sp³-hybridized carbons (Fsp3) is 0.444. The molecule has 0 aliphatic carbocycles. The molecule has 2 saturated heterocycles. The van der Waals surface area contributed by atoms with Crippen LogP contribution in [0.5, 0.6) is 0 Å². The van der Waals surface area contributed by atoms with E-state index < -0.39 is 0 Å². The Hall–Kier alpha value is -2.68. The number of hydrogen-bond acceptors (Lipinski definition) is 5. The molecule has 6 heteroatoms. The molecule has 0 saturated carbocycles. The summed E-state index contributed by atoms with van der Waals surface area (Å²) in [5.74, 6) is 0.133. The van der Waals surface area contributed by atoms with E-state index in [0.717, 1.165) is 37.3 Å². The Morgan fingerprint density at radius 1 is 1.30 bits per heavy atom. The number of likely N-dealkylation sites (tertiary alicyclic amines) is 1. The van der Waals surface area contributed by atoms with Crippen molar-refractivity contribution in [2.45, 2.75) is 38.6 Å². The Balaban J connectivity index is 1.42. The number of carbonyl (C=O) groups excluding carboxylic acids is 1. The minimum Gasteiger partial charge on any atom is -0.365 e. The number of hydrogen-bond donors (Lipinski definition) is 0. The summed E-state index contributed by atoms with van der Waals surface area (Å²) in [5, 5.41) is 9.59. The van der Waals surface area contributed by atoms with E-state index >= 15 is 0 Å². The lowest BCUT2D eigenvalue weighted by Crippen LogP contribution is -2.35. The Morgan fingerprint density at radius 3 is 2.73 bits per heavy atom. The summed E-state index contributed by atoms with van der Waals surface area (Å²) in [6, 6.07) is 11.6. The molecule has 0 N–H and O–H groups in total. The van der Waals surface area contributed by atoms with Gasteiger partial charge in [0.15, 0.2) is 5.78 Å². The van der Waals surface area contributed by atoms with Crippen molar-refractivity contribution in [1.29, 1.82) is 5.26 Å². The molecule has 172 valence electrons. The van der Waals surface area contributed by atoms with Gasteiger partial charge in [-0.3, -0.25) is 9.78 Å². The standard InChI is InChI=1S/C27H31ClN4O/c1-3-26-24(11-15-32(26)23-9-7-20(17-29)25(28)16-23)19(2)27(33)21-6-8-22(30-18-21)10-14-31-12-4-5-13-31/h3,6-9,16,18-19,24,26H,1,4-5,10-15H2,2H3. The third kappa shape index (κ3) is 5.13. The summed E-state index contributed by atoms with van der Waals surface area (Å²) in [6.07, 6.45) is 8.07. The minimum atomic E-state index is -0.149. The van der Waals surface area contributed by atoms with E-state index in [2.05, 4.69) is 27.4 Å². The average molecular weight is 463 g/mol. The molecule has 33 heavy (non-hydrogen) atoms. The van der Waals surface area contributed by atoms with Gasteiger partial charge in [0.2, 0.25) is 0 Å². The molecule has 3 unspecified atom stereocenters. The largest absolute Gasteiger partial charge is 0.365 e. The van der Waals surface area contributed by atoms with Crippen LogP contribution in [0.25, 0.3) is 0 Å². The molecule has 2 aromatic rings. The molecule has 2 fully saturated rings. The third-order valence-corrected chi connectivity index (χ3v) is 7.51. The van der Waals surface area contributed by atoms with Crippen LogP contribution in [0.4, 0.5) is 5.69 Å². The van der Waals surface area contributed by atoms with Crippen molar-refractivity contribution in [2.24, 2.45) is 11.8 Å². The maximum Gasteiger partial charge on any atom is 0.167 e. The maximum absolute atomic E-state index is 13.3. The second-order valence-corrected chi connectivity index (χ2v) is 9.55. The number of aromatic nitrogens is 1. The van der Waals surface area contributed by atoms with Crippen LogP contribution in [0.1, 0.15) is 47.8 Å². The van der Waals surface area contributed by atoms with E-state index in [4.69, 9.17) is 16.9 Å². The second kappa shape index (κ2) is 10.5. The first-order chi connectivity index (χ1) is 16.0. The summed E-state index contributed by atoms with van der Waals surface area (Å²) in [6.45, 7) is 10.3. The molecular formula is C27H31ClN4O. The fourth-order valence-electron chi connectivity index (χ4n) is 5.22. The van der Waals surface area contributed by atoms with E-state index in [1.165, 1.54) is 25.9 Å². The van der Waals surface area contributed by atoms with Crippen molar-refractivity contribution in [3.05, 3.63) is 71.0 Å². The Bertz CT molecular complexity index is 1040. The predicted octanol–water partition coefficient (Wildman–Crippen LogP) is 5.14. The monoisotopic (exact) mass is 462 g/mol. The van der Waals surface area contributed by atoms with Crippen molar-refractivity contribution in [1.82, 2.24) is 9.88 Å². The van der Waals surface area contributed by atoms with Gasteiger partial charge < -0.3 is 9.80 Å².